The Morgan fingerprint density at radius 1 is 1.47 bits per heavy atom. The highest BCUT2D eigenvalue weighted by Crippen LogP contribution is 1.98. The summed E-state index contributed by atoms with van der Waals surface area (Å²) in [6, 6.07) is 5.03. The van der Waals surface area contributed by atoms with Gasteiger partial charge >= 0.3 is 5.97 Å². The Hall–Kier alpha value is -1.91. The average Bonchev–Trinajstić information content (AvgIpc) is 2.29. The quantitative estimate of drug-likeness (QED) is 0.671. The molecule has 1 aromatic heterocycles. The minimum atomic E-state index is -0.457. The van der Waals surface area contributed by atoms with Gasteiger partial charge in [-0.2, -0.15) is 0 Å². The van der Waals surface area contributed by atoms with Crippen molar-refractivity contribution >= 4 is 11.9 Å². The SMILES string of the molecule is COC(=O)CN(C)C(=O)c1ccccn1. The van der Waals surface area contributed by atoms with E-state index in [0.29, 0.717) is 5.69 Å². The molecule has 0 saturated heterocycles. The van der Waals surface area contributed by atoms with E-state index in [9.17, 15) is 9.59 Å². The van der Waals surface area contributed by atoms with E-state index >= 15 is 0 Å². The number of methoxy groups -OCH3 is 1. The Labute approximate surface area is 87.7 Å². The van der Waals surface area contributed by atoms with E-state index in [-0.39, 0.29) is 12.5 Å². The summed E-state index contributed by atoms with van der Waals surface area (Å²) < 4.78 is 4.45. The number of hydrogen-bond acceptors (Lipinski definition) is 4. The number of aromatic nitrogens is 1. The van der Waals surface area contributed by atoms with E-state index in [1.54, 1.807) is 18.2 Å². The van der Waals surface area contributed by atoms with Crippen molar-refractivity contribution in [3.05, 3.63) is 30.1 Å². The second-order valence-electron chi connectivity index (χ2n) is 2.95. The summed E-state index contributed by atoms with van der Waals surface area (Å²) in [7, 11) is 2.80. The lowest BCUT2D eigenvalue weighted by molar-refractivity contribution is -0.141. The average molecular weight is 208 g/mol. The fourth-order valence-corrected chi connectivity index (χ4v) is 1.01. The van der Waals surface area contributed by atoms with Gasteiger partial charge in [0.25, 0.3) is 5.91 Å². The number of carbonyl (C=O) groups is 2. The van der Waals surface area contributed by atoms with Crippen molar-refractivity contribution in [3.8, 4) is 0 Å². The van der Waals surface area contributed by atoms with Gasteiger partial charge in [0, 0.05) is 13.2 Å². The molecule has 0 bridgehead atoms. The van der Waals surface area contributed by atoms with Crippen molar-refractivity contribution in [3.63, 3.8) is 0 Å². The van der Waals surface area contributed by atoms with E-state index in [1.807, 2.05) is 0 Å². The van der Waals surface area contributed by atoms with Crippen LogP contribution >= 0.6 is 0 Å². The second kappa shape index (κ2) is 5.09. The molecule has 5 nitrogen and oxygen atoms in total. The van der Waals surface area contributed by atoms with Crippen LogP contribution in [-0.4, -0.2) is 42.5 Å². The molecule has 5 heteroatoms. The predicted octanol–water partition coefficient (Wildman–Crippen LogP) is 0.327. The van der Waals surface area contributed by atoms with Crippen LogP contribution in [0.25, 0.3) is 0 Å². The maximum absolute atomic E-state index is 11.7. The first-order valence-electron chi connectivity index (χ1n) is 4.38. The number of nitrogens with zero attached hydrogens (tertiary/aromatic N) is 2. The van der Waals surface area contributed by atoms with Crippen LogP contribution in [0.15, 0.2) is 24.4 Å². The van der Waals surface area contributed by atoms with Gasteiger partial charge in [-0.05, 0) is 12.1 Å². The Kier molecular flexibility index (Phi) is 3.79. The standard InChI is InChI=1S/C10H12N2O3/c1-12(7-9(13)15-2)10(14)8-5-3-4-6-11-8/h3-6H,7H2,1-2H3. The van der Waals surface area contributed by atoms with Crippen LogP contribution < -0.4 is 0 Å². The molecule has 0 aliphatic heterocycles. The fraction of sp³-hybridized carbons (Fsp3) is 0.300. The van der Waals surface area contributed by atoms with Gasteiger partial charge in [0.15, 0.2) is 0 Å². The topological polar surface area (TPSA) is 59.5 Å². The largest absolute Gasteiger partial charge is 0.468 e. The number of hydrogen-bond donors (Lipinski definition) is 0. The van der Waals surface area contributed by atoms with Crippen molar-refractivity contribution in [2.45, 2.75) is 0 Å². The summed E-state index contributed by atoms with van der Waals surface area (Å²) in [5.74, 6) is -0.761. The molecular formula is C10H12N2O3. The van der Waals surface area contributed by atoms with Gasteiger partial charge in [-0.1, -0.05) is 6.07 Å². The second-order valence-corrected chi connectivity index (χ2v) is 2.95. The van der Waals surface area contributed by atoms with E-state index in [0.717, 1.165) is 0 Å². The highest BCUT2D eigenvalue weighted by Gasteiger charge is 2.15. The van der Waals surface area contributed by atoms with Gasteiger partial charge in [-0.15, -0.1) is 0 Å². The highest BCUT2D eigenvalue weighted by atomic mass is 16.5. The zero-order chi connectivity index (χ0) is 11.3. The molecule has 0 N–H and O–H groups in total. The van der Waals surface area contributed by atoms with Crippen molar-refractivity contribution in [2.75, 3.05) is 20.7 Å². The molecule has 0 aliphatic carbocycles. The van der Waals surface area contributed by atoms with Gasteiger partial charge in [0.1, 0.15) is 12.2 Å². The van der Waals surface area contributed by atoms with E-state index in [4.69, 9.17) is 0 Å². The molecule has 0 fully saturated rings. The summed E-state index contributed by atoms with van der Waals surface area (Å²) in [6.45, 7) is -0.0775. The number of likely N-dealkylation sites (N-methyl/N-ethyl adjacent to an activating group) is 1. The van der Waals surface area contributed by atoms with E-state index in [2.05, 4.69) is 9.72 Å². The minimum Gasteiger partial charge on any atom is -0.468 e. The van der Waals surface area contributed by atoms with Gasteiger partial charge in [0.2, 0.25) is 0 Å². The number of esters is 1. The first-order chi connectivity index (χ1) is 7.15. The Balaban J connectivity index is 2.65. The number of pyridine rings is 1. The zero-order valence-electron chi connectivity index (χ0n) is 8.64. The van der Waals surface area contributed by atoms with Crippen LogP contribution in [0.2, 0.25) is 0 Å². The first kappa shape index (κ1) is 11.2. The maximum Gasteiger partial charge on any atom is 0.325 e. The third kappa shape index (κ3) is 3.05. The van der Waals surface area contributed by atoms with Gasteiger partial charge < -0.3 is 9.64 Å². The van der Waals surface area contributed by atoms with Crippen LogP contribution in [0, 0.1) is 0 Å². The molecule has 1 aromatic rings. The summed E-state index contributed by atoms with van der Waals surface area (Å²) in [6.07, 6.45) is 1.53. The molecule has 0 spiro atoms. The van der Waals surface area contributed by atoms with Crippen LogP contribution in [0.5, 0.6) is 0 Å². The normalized spacial score (nSPS) is 9.47. The predicted molar refractivity (Wildman–Crippen MR) is 53.2 cm³/mol. The lowest BCUT2D eigenvalue weighted by atomic mass is 10.3. The third-order valence-corrected chi connectivity index (χ3v) is 1.82. The molecule has 0 atom stereocenters. The van der Waals surface area contributed by atoms with Crippen molar-refractivity contribution in [1.82, 2.24) is 9.88 Å². The smallest absolute Gasteiger partial charge is 0.325 e. The Morgan fingerprint density at radius 2 is 2.20 bits per heavy atom. The summed E-state index contributed by atoms with van der Waals surface area (Å²) >= 11 is 0. The molecular weight excluding hydrogens is 196 g/mol. The van der Waals surface area contributed by atoms with Crippen LogP contribution in [0.4, 0.5) is 0 Å². The third-order valence-electron chi connectivity index (χ3n) is 1.82. The summed E-state index contributed by atoms with van der Waals surface area (Å²) in [5, 5.41) is 0. The molecule has 0 radical (unpaired) electrons. The molecule has 80 valence electrons. The Morgan fingerprint density at radius 3 is 2.73 bits per heavy atom. The summed E-state index contributed by atoms with van der Waals surface area (Å²) in [4.78, 5) is 27.7. The molecule has 0 unspecified atom stereocenters. The van der Waals surface area contributed by atoms with Crippen LogP contribution in [-0.2, 0) is 9.53 Å². The maximum atomic E-state index is 11.7. The lowest BCUT2D eigenvalue weighted by Crippen LogP contribution is -2.33. The van der Waals surface area contributed by atoms with Crippen molar-refractivity contribution in [2.24, 2.45) is 0 Å². The Bertz CT molecular complexity index is 351. The van der Waals surface area contributed by atoms with E-state index in [1.165, 1.54) is 25.3 Å². The molecule has 1 rings (SSSR count). The molecule has 15 heavy (non-hydrogen) atoms. The summed E-state index contributed by atoms with van der Waals surface area (Å²) in [5.41, 5.74) is 0.309. The van der Waals surface area contributed by atoms with Crippen LogP contribution in [0.1, 0.15) is 10.5 Å². The number of ether oxygens (including phenoxy) is 1. The van der Waals surface area contributed by atoms with E-state index < -0.39 is 5.97 Å². The van der Waals surface area contributed by atoms with Gasteiger partial charge in [0.05, 0.1) is 7.11 Å². The first-order valence-corrected chi connectivity index (χ1v) is 4.38. The lowest BCUT2D eigenvalue weighted by Gasteiger charge is -2.14. The fourth-order valence-electron chi connectivity index (χ4n) is 1.01. The zero-order valence-corrected chi connectivity index (χ0v) is 8.64. The molecule has 1 amide bonds. The molecule has 1 heterocycles. The number of amides is 1. The number of rotatable bonds is 3. The molecule has 0 aromatic carbocycles. The van der Waals surface area contributed by atoms with Gasteiger partial charge in [-0.25, -0.2) is 0 Å². The van der Waals surface area contributed by atoms with Crippen molar-refractivity contribution < 1.29 is 14.3 Å². The van der Waals surface area contributed by atoms with Gasteiger partial charge in [-0.3, -0.25) is 14.6 Å². The van der Waals surface area contributed by atoms with Crippen LogP contribution in [0.3, 0.4) is 0 Å². The minimum absolute atomic E-state index is 0.0775. The monoisotopic (exact) mass is 208 g/mol. The molecule has 0 saturated carbocycles. The number of carbonyl (C=O) groups excluding carboxylic acids is 2. The van der Waals surface area contributed by atoms with Crippen molar-refractivity contribution in [1.29, 1.82) is 0 Å². The highest BCUT2D eigenvalue weighted by molar-refractivity contribution is 5.93. The molecule has 0 aliphatic rings.